The largest absolute Gasteiger partial charge is 0.507 e. The van der Waals surface area contributed by atoms with Gasteiger partial charge in [0, 0.05) is 10.8 Å². The maximum absolute atomic E-state index is 10.5. The van der Waals surface area contributed by atoms with Gasteiger partial charge in [0.2, 0.25) is 0 Å². The lowest BCUT2D eigenvalue weighted by molar-refractivity contribution is 0.255. The van der Waals surface area contributed by atoms with Crippen molar-refractivity contribution in [2.75, 3.05) is 0 Å². The summed E-state index contributed by atoms with van der Waals surface area (Å²) in [5.41, 5.74) is 5.36. The van der Waals surface area contributed by atoms with Crippen molar-refractivity contribution in [1.82, 2.24) is 0 Å². The fourth-order valence-corrected chi connectivity index (χ4v) is 1.46. The molecule has 0 radical (unpaired) electrons. The first-order chi connectivity index (χ1) is 7.68. The van der Waals surface area contributed by atoms with Gasteiger partial charge in [-0.25, -0.2) is 4.79 Å². The standard InChI is InChI=1S/C11H9N3O2/c12-11(16)14-13-9-5-6-10(15)8-4-2-1-3-7(8)9/h1-6,15H,(H2,12,16). The SMILES string of the molecule is NC(=O)N=Nc1ccc(O)c2ccccc12. The van der Waals surface area contributed by atoms with Gasteiger partial charge >= 0.3 is 6.03 Å². The molecule has 0 saturated heterocycles. The van der Waals surface area contributed by atoms with Gasteiger partial charge in [-0.2, -0.15) is 0 Å². The molecule has 2 aromatic rings. The number of fused-ring (bicyclic) bond motifs is 1. The molecule has 80 valence electrons. The van der Waals surface area contributed by atoms with E-state index in [1.54, 1.807) is 24.3 Å². The number of nitrogens with two attached hydrogens (primary N) is 1. The fourth-order valence-electron chi connectivity index (χ4n) is 1.46. The van der Waals surface area contributed by atoms with Gasteiger partial charge in [0.25, 0.3) is 0 Å². The summed E-state index contributed by atoms with van der Waals surface area (Å²) < 4.78 is 0. The second kappa shape index (κ2) is 3.98. The third-order valence-corrected chi connectivity index (χ3v) is 2.13. The third-order valence-electron chi connectivity index (χ3n) is 2.13. The molecule has 0 spiro atoms. The van der Waals surface area contributed by atoms with E-state index in [9.17, 15) is 9.90 Å². The molecule has 5 heteroatoms. The molecule has 0 bridgehead atoms. The van der Waals surface area contributed by atoms with Gasteiger partial charge in [-0.3, -0.25) is 0 Å². The number of benzene rings is 2. The van der Waals surface area contributed by atoms with E-state index in [2.05, 4.69) is 10.2 Å². The number of aromatic hydroxyl groups is 1. The van der Waals surface area contributed by atoms with E-state index in [0.29, 0.717) is 16.5 Å². The summed E-state index contributed by atoms with van der Waals surface area (Å²) in [7, 11) is 0. The van der Waals surface area contributed by atoms with Crippen LogP contribution in [0.25, 0.3) is 10.8 Å². The molecule has 3 N–H and O–H groups in total. The molecule has 0 aliphatic rings. The summed E-state index contributed by atoms with van der Waals surface area (Å²) in [6.07, 6.45) is 0. The van der Waals surface area contributed by atoms with E-state index in [-0.39, 0.29) is 5.75 Å². The Balaban J connectivity index is 2.63. The molecule has 0 aliphatic carbocycles. The minimum atomic E-state index is -0.850. The van der Waals surface area contributed by atoms with Crippen LogP contribution in [-0.2, 0) is 0 Å². The van der Waals surface area contributed by atoms with Crippen molar-refractivity contribution >= 4 is 22.5 Å². The lowest BCUT2D eigenvalue weighted by atomic mass is 10.1. The Hall–Kier alpha value is -2.43. The molecule has 0 unspecified atom stereocenters. The number of hydrogen-bond donors (Lipinski definition) is 2. The first-order valence-corrected chi connectivity index (χ1v) is 4.60. The van der Waals surface area contributed by atoms with Gasteiger partial charge in [0.05, 0.1) is 5.69 Å². The number of phenols is 1. The average molecular weight is 215 g/mol. The lowest BCUT2D eigenvalue weighted by Gasteiger charge is -2.02. The summed E-state index contributed by atoms with van der Waals surface area (Å²) in [6, 6.07) is 9.37. The first-order valence-electron chi connectivity index (χ1n) is 4.60. The fraction of sp³-hybridized carbons (Fsp3) is 0. The predicted molar refractivity (Wildman–Crippen MR) is 59.7 cm³/mol. The van der Waals surface area contributed by atoms with E-state index in [1.165, 1.54) is 6.07 Å². The van der Waals surface area contributed by atoms with E-state index in [4.69, 9.17) is 5.73 Å². The van der Waals surface area contributed by atoms with Crippen LogP contribution >= 0.6 is 0 Å². The Morgan fingerprint density at radius 1 is 1.12 bits per heavy atom. The Morgan fingerprint density at radius 2 is 1.81 bits per heavy atom. The minimum absolute atomic E-state index is 0.161. The Bertz CT molecular complexity index is 578. The lowest BCUT2D eigenvalue weighted by Crippen LogP contribution is -2.01. The zero-order valence-electron chi connectivity index (χ0n) is 8.29. The van der Waals surface area contributed by atoms with Crippen molar-refractivity contribution in [3.8, 4) is 5.75 Å². The number of carbonyl (C=O) groups is 1. The van der Waals surface area contributed by atoms with Crippen LogP contribution in [0, 0.1) is 0 Å². The summed E-state index contributed by atoms with van der Waals surface area (Å²) in [6.45, 7) is 0. The average Bonchev–Trinajstić information content (AvgIpc) is 2.28. The number of hydrogen-bond acceptors (Lipinski definition) is 3. The second-order valence-electron chi connectivity index (χ2n) is 3.19. The van der Waals surface area contributed by atoms with Gasteiger partial charge in [-0.05, 0) is 12.1 Å². The molecule has 2 rings (SSSR count). The van der Waals surface area contributed by atoms with Crippen molar-refractivity contribution in [2.45, 2.75) is 0 Å². The van der Waals surface area contributed by atoms with E-state index in [1.807, 2.05) is 6.07 Å². The topological polar surface area (TPSA) is 88.0 Å². The number of amides is 2. The summed E-state index contributed by atoms with van der Waals surface area (Å²) >= 11 is 0. The zero-order chi connectivity index (χ0) is 11.5. The smallest absolute Gasteiger partial charge is 0.356 e. The minimum Gasteiger partial charge on any atom is -0.507 e. The van der Waals surface area contributed by atoms with Crippen LogP contribution in [0.2, 0.25) is 0 Å². The van der Waals surface area contributed by atoms with E-state index < -0.39 is 6.03 Å². The predicted octanol–water partition coefficient (Wildman–Crippen LogP) is 2.71. The molecule has 2 amide bonds. The highest BCUT2D eigenvalue weighted by Crippen LogP contribution is 2.32. The van der Waals surface area contributed by atoms with Crippen molar-refractivity contribution in [3.63, 3.8) is 0 Å². The normalized spacial score (nSPS) is 11.0. The summed E-state index contributed by atoms with van der Waals surface area (Å²) in [5.74, 6) is 0.161. The van der Waals surface area contributed by atoms with Crippen molar-refractivity contribution in [1.29, 1.82) is 0 Å². The highest BCUT2D eigenvalue weighted by molar-refractivity contribution is 5.96. The molecular weight excluding hydrogens is 206 g/mol. The molecule has 16 heavy (non-hydrogen) atoms. The van der Waals surface area contributed by atoms with Gasteiger partial charge < -0.3 is 10.8 Å². The van der Waals surface area contributed by atoms with Crippen LogP contribution in [0.1, 0.15) is 0 Å². The van der Waals surface area contributed by atoms with Crippen LogP contribution in [0.5, 0.6) is 5.75 Å². The number of azo groups is 1. The molecule has 0 saturated carbocycles. The van der Waals surface area contributed by atoms with E-state index in [0.717, 1.165) is 0 Å². The third kappa shape index (κ3) is 1.83. The highest BCUT2D eigenvalue weighted by atomic mass is 16.3. The summed E-state index contributed by atoms with van der Waals surface area (Å²) in [5, 5.41) is 18.0. The first kappa shape index (κ1) is 10.1. The number of carbonyl (C=O) groups excluding carboxylic acids is 1. The molecule has 0 heterocycles. The second-order valence-corrected chi connectivity index (χ2v) is 3.19. The number of phenolic OH excluding ortho intramolecular Hbond substituents is 1. The van der Waals surface area contributed by atoms with Crippen LogP contribution < -0.4 is 5.73 Å². The zero-order valence-corrected chi connectivity index (χ0v) is 8.29. The number of primary amides is 1. The molecular formula is C11H9N3O2. The highest BCUT2D eigenvalue weighted by Gasteiger charge is 2.03. The Labute approximate surface area is 91.2 Å². The molecule has 2 aromatic carbocycles. The van der Waals surface area contributed by atoms with Crippen molar-refractivity contribution in [3.05, 3.63) is 36.4 Å². The summed E-state index contributed by atoms with van der Waals surface area (Å²) in [4.78, 5) is 10.5. The van der Waals surface area contributed by atoms with Gasteiger partial charge in [-0.15, -0.1) is 5.11 Å². The van der Waals surface area contributed by atoms with Gasteiger partial charge in [0.15, 0.2) is 0 Å². The molecule has 0 fully saturated rings. The number of rotatable bonds is 1. The number of urea groups is 1. The Kier molecular flexibility index (Phi) is 2.51. The van der Waals surface area contributed by atoms with Crippen molar-refractivity contribution < 1.29 is 9.90 Å². The maximum atomic E-state index is 10.5. The molecule has 0 atom stereocenters. The molecule has 5 nitrogen and oxygen atoms in total. The van der Waals surface area contributed by atoms with Crippen LogP contribution in [0.4, 0.5) is 10.5 Å². The maximum Gasteiger partial charge on any atom is 0.356 e. The molecule has 0 aromatic heterocycles. The number of nitrogens with zero attached hydrogens (tertiary/aromatic N) is 2. The monoisotopic (exact) mass is 215 g/mol. The van der Waals surface area contributed by atoms with E-state index >= 15 is 0 Å². The van der Waals surface area contributed by atoms with Crippen LogP contribution in [0.15, 0.2) is 46.6 Å². The quantitative estimate of drug-likeness (QED) is 0.716. The van der Waals surface area contributed by atoms with Gasteiger partial charge in [-0.1, -0.05) is 29.4 Å². The Morgan fingerprint density at radius 3 is 2.50 bits per heavy atom. The molecule has 0 aliphatic heterocycles. The van der Waals surface area contributed by atoms with Crippen LogP contribution in [0.3, 0.4) is 0 Å². The van der Waals surface area contributed by atoms with Crippen LogP contribution in [-0.4, -0.2) is 11.1 Å². The van der Waals surface area contributed by atoms with Crippen molar-refractivity contribution in [2.24, 2.45) is 16.0 Å². The van der Waals surface area contributed by atoms with Gasteiger partial charge in [0.1, 0.15) is 5.75 Å².